The molecule has 4 aromatic rings. The maximum absolute atomic E-state index is 12.7. The van der Waals surface area contributed by atoms with Crippen molar-refractivity contribution in [1.29, 1.82) is 0 Å². The van der Waals surface area contributed by atoms with Crippen LogP contribution in [0.3, 0.4) is 0 Å². The number of thiophene rings is 1. The first-order valence-corrected chi connectivity index (χ1v) is 11.3. The summed E-state index contributed by atoms with van der Waals surface area (Å²) in [5.41, 5.74) is 3.59. The molecular formula is C25H22N2O5S. The number of H-pyrrole nitrogens is 1. The summed E-state index contributed by atoms with van der Waals surface area (Å²) in [6, 6.07) is 14.4. The average molecular weight is 463 g/mol. The quantitative estimate of drug-likeness (QED) is 0.354. The number of carbonyl (C=O) groups excluding carboxylic acids is 1. The van der Waals surface area contributed by atoms with Gasteiger partial charge in [-0.1, -0.05) is 42.0 Å². The number of Topliss-reactive ketones (excluding diaryl/α,β-unsaturated/α-hetero) is 1. The standard InChI is InChI=1S/C25H22N2O5S/c1-15-3-2-4-16(11-15)7-10-20(28)22-26-23(29)21-19(14-33-24(21)27-22)13-32-12-17-5-8-18(9-6-17)25(30)31/h2-6,8-9,11,14H,7,10,12-13H2,1H3,(H,30,31)(H,26,27,29). The Morgan fingerprint density at radius 3 is 2.61 bits per heavy atom. The van der Waals surface area contributed by atoms with Crippen LogP contribution in [0.1, 0.15) is 49.7 Å². The number of nitrogens with one attached hydrogen (secondary N) is 1. The number of aromatic amines is 1. The highest BCUT2D eigenvalue weighted by Crippen LogP contribution is 2.22. The fourth-order valence-electron chi connectivity index (χ4n) is 3.51. The molecule has 2 N–H and O–H groups in total. The Bertz CT molecular complexity index is 1370. The third-order valence-corrected chi connectivity index (χ3v) is 6.16. The number of benzene rings is 2. The number of fused-ring (bicyclic) bond motifs is 1. The zero-order valence-electron chi connectivity index (χ0n) is 18.0. The molecule has 0 aliphatic rings. The van der Waals surface area contributed by atoms with Crippen molar-refractivity contribution >= 4 is 33.3 Å². The maximum atomic E-state index is 12.7. The Balaban J connectivity index is 1.41. The topological polar surface area (TPSA) is 109 Å². The van der Waals surface area contributed by atoms with Crippen molar-refractivity contribution in [3.8, 4) is 0 Å². The second-order valence-electron chi connectivity index (χ2n) is 7.76. The summed E-state index contributed by atoms with van der Waals surface area (Å²) in [6.45, 7) is 2.48. The second-order valence-corrected chi connectivity index (χ2v) is 8.62. The lowest BCUT2D eigenvalue weighted by Crippen LogP contribution is -2.16. The summed E-state index contributed by atoms with van der Waals surface area (Å²) in [4.78, 5) is 43.7. The molecule has 7 nitrogen and oxygen atoms in total. The Hall–Kier alpha value is -3.62. The predicted molar refractivity (Wildman–Crippen MR) is 126 cm³/mol. The van der Waals surface area contributed by atoms with Crippen LogP contribution in [0.25, 0.3) is 10.2 Å². The number of ketones is 1. The lowest BCUT2D eigenvalue weighted by Gasteiger charge is -2.05. The van der Waals surface area contributed by atoms with E-state index >= 15 is 0 Å². The molecular weight excluding hydrogens is 440 g/mol. The highest BCUT2D eigenvalue weighted by molar-refractivity contribution is 7.16. The van der Waals surface area contributed by atoms with E-state index in [9.17, 15) is 14.4 Å². The van der Waals surface area contributed by atoms with Gasteiger partial charge in [0.15, 0.2) is 11.6 Å². The molecule has 0 aliphatic heterocycles. The van der Waals surface area contributed by atoms with Gasteiger partial charge in [-0.2, -0.15) is 0 Å². The van der Waals surface area contributed by atoms with Gasteiger partial charge >= 0.3 is 5.97 Å². The molecule has 0 aliphatic carbocycles. The molecule has 168 valence electrons. The monoisotopic (exact) mass is 462 g/mol. The van der Waals surface area contributed by atoms with Gasteiger partial charge < -0.3 is 14.8 Å². The minimum absolute atomic E-state index is 0.0768. The smallest absolute Gasteiger partial charge is 0.335 e. The van der Waals surface area contributed by atoms with Crippen LogP contribution < -0.4 is 5.56 Å². The number of rotatable bonds is 9. The fraction of sp³-hybridized carbons (Fsp3) is 0.200. The Labute approximate surface area is 193 Å². The van der Waals surface area contributed by atoms with Gasteiger partial charge in [0.25, 0.3) is 5.56 Å². The minimum atomic E-state index is -0.980. The van der Waals surface area contributed by atoms with E-state index in [1.54, 1.807) is 17.5 Å². The summed E-state index contributed by atoms with van der Waals surface area (Å²) < 4.78 is 5.71. The fourth-order valence-corrected chi connectivity index (χ4v) is 4.44. The van der Waals surface area contributed by atoms with Gasteiger partial charge in [0.05, 0.1) is 24.2 Å². The molecule has 0 spiro atoms. The van der Waals surface area contributed by atoms with Gasteiger partial charge in [0, 0.05) is 12.0 Å². The van der Waals surface area contributed by atoms with Crippen molar-refractivity contribution in [3.63, 3.8) is 0 Å². The lowest BCUT2D eigenvalue weighted by molar-refractivity contribution is 0.0696. The van der Waals surface area contributed by atoms with Gasteiger partial charge in [-0.25, -0.2) is 9.78 Å². The first-order chi connectivity index (χ1) is 15.9. The van der Waals surface area contributed by atoms with E-state index in [4.69, 9.17) is 9.84 Å². The van der Waals surface area contributed by atoms with E-state index in [0.717, 1.165) is 16.7 Å². The van der Waals surface area contributed by atoms with Crippen molar-refractivity contribution in [3.05, 3.63) is 97.9 Å². The zero-order chi connectivity index (χ0) is 23.4. The summed E-state index contributed by atoms with van der Waals surface area (Å²) in [5.74, 6) is -1.11. The molecule has 0 amide bonds. The molecule has 0 radical (unpaired) electrons. The highest BCUT2D eigenvalue weighted by atomic mass is 32.1. The highest BCUT2D eigenvalue weighted by Gasteiger charge is 2.16. The van der Waals surface area contributed by atoms with Crippen LogP contribution in [0.15, 0.2) is 58.7 Å². The molecule has 0 fully saturated rings. The Kier molecular flexibility index (Phi) is 6.76. The van der Waals surface area contributed by atoms with E-state index in [2.05, 4.69) is 9.97 Å². The van der Waals surface area contributed by atoms with Gasteiger partial charge in [-0.15, -0.1) is 11.3 Å². The number of hydrogen-bond acceptors (Lipinski definition) is 6. The summed E-state index contributed by atoms with van der Waals surface area (Å²) in [6.07, 6.45) is 0.846. The lowest BCUT2D eigenvalue weighted by atomic mass is 10.1. The van der Waals surface area contributed by atoms with Crippen LogP contribution >= 0.6 is 11.3 Å². The molecule has 2 aromatic heterocycles. The molecule has 0 atom stereocenters. The molecule has 0 unspecified atom stereocenters. The van der Waals surface area contributed by atoms with Crippen molar-refractivity contribution < 1.29 is 19.4 Å². The van der Waals surface area contributed by atoms with Crippen molar-refractivity contribution in [2.24, 2.45) is 0 Å². The zero-order valence-corrected chi connectivity index (χ0v) is 18.8. The van der Waals surface area contributed by atoms with Crippen LogP contribution in [0.2, 0.25) is 0 Å². The molecule has 0 saturated carbocycles. The molecule has 4 rings (SSSR count). The molecule has 33 heavy (non-hydrogen) atoms. The van der Waals surface area contributed by atoms with Gasteiger partial charge in [-0.3, -0.25) is 9.59 Å². The number of nitrogens with zero attached hydrogens (tertiary/aromatic N) is 1. The first kappa shape index (κ1) is 22.6. The third kappa shape index (κ3) is 5.42. The summed E-state index contributed by atoms with van der Waals surface area (Å²) in [5, 5.41) is 11.2. The second kappa shape index (κ2) is 9.89. The van der Waals surface area contributed by atoms with Crippen molar-refractivity contribution in [2.45, 2.75) is 33.0 Å². The number of carboxylic acids is 1. The van der Waals surface area contributed by atoms with E-state index in [-0.39, 0.29) is 42.4 Å². The normalized spacial score (nSPS) is 11.1. The van der Waals surface area contributed by atoms with Gasteiger partial charge in [0.2, 0.25) is 0 Å². The number of aryl methyl sites for hydroxylation is 2. The van der Waals surface area contributed by atoms with Gasteiger partial charge in [-0.05, 0) is 42.0 Å². The van der Waals surface area contributed by atoms with E-state index < -0.39 is 5.97 Å². The van der Waals surface area contributed by atoms with Crippen LogP contribution in [0.4, 0.5) is 0 Å². The molecule has 8 heteroatoms. The SMILES string of the molecule is Cc1cccc(CCC(=O)c2nc3scc(COCc4ccc(C(=O)O)cc4)c3c(=O)[nH]2)c1. The van der Waals surface area contributed by atoms with Crippen LogP contribution in [0.5, 0.6) is 0 Å². The maximum Gasteiger partial charge on any atom is 0.335 e. The Morgan fingerprint density at radius 1 is 1.09 bits per heavy atom. The van der Waals surface area contributed by atoms with E-state index in [0.29, 0.717) is 22.2 Å². The number of hydrogen-bond donors (Lipinski definition) is 2. The van der Waals surface area contributed by atoms with Gasteiger partial charge in [0.1, 0.15) is 4.83 Å². The van der Waals surface area contributed by atoms with Crippen LogP contribution in [0, 0.1) is 6.92 Å². The summed E-state index contributed by atoms with van der Waals surface area (Å²) >= 11 is 1.30. The predicted octanol–water partition coefficient (Wildman–Crippen LogP) is 4.52. The number of carboxylic acid groups (broad SMARTS) is 1. The largest absolute Gasteiger partial charge is 0.478 e. The number of ether oxygens (including phenoxy) is 1. The minimum Gasteiger partial charge on any atom is -0.478 e. The first-order valence-electron chi connectivity index (χ1n) is 10.4. The van der Waals surface area contributed by atoms with E-state index in [1.165, 1.54) is 23.5 Å². The molecule has 2 heterocycles. The van der Waals surface area contributed by atoms with Crippen LogP contribution in [-0.4, -0.2) is 26.8 Å². The molecule has 0 saturated heterocycles. The summed E-state index contributed by atoms with van der Waals surface area (Å²) in [7, 11) is 0. The molecule has 2 aromatic carbocycles. The Morgan fingerprint density at radius 2 is 1.88 bits per heavy atom. The number of aromatic nitrogens is 2. The number of aromatic carboxylic acids is 1. The molecule has 0 bridgehead atoms. The van der Waals surface area contributed by atoms with Crippen molar-refractivity contribution in [2.75, 3.05) is 0 Å². The van der Waals surface area contributed by atoms with Crippen LogP contribution in [-0.2, 0) is 24.4 Å². The average Bonchev–Trinajstić information content (AvgIpc) is 3.21. The van der Waals surface area contributed by atoms with Crippen molar-refractivity contribution in [1.82, 2.24) is 9.97 Å². The van der Waals surface area contributed by atoms with E-state index in [1.807, 2.05) is 31.2 Å². The number of carbonyl (C=O) groups is 2. The third-order valence-electron chi connectivity index (χ3n) is 5.23.